The number of hydrogen-bond donors (Lipinski definition) is 1. The molecule has 0 saturated carbocycles. The van der Waals surface area contributed by atoms with Crippen molar-refractivity contribution in [3.8, 4) is 5.75 Å². The average Bonchev–Trinajstić information content (AvgIpc) is 3.05. The summed E-state index contributed by atoms with van der Waals surface area (Å²) in [6, 6.07) is 19.1. The van der Waals surface area contributed by atoms with E-state index in [4.69, 9.17) is 4.74 Å². The Morgan fingerprint density at radius 2 is 1.69 bits per heavy atom. The molecule has 1 fully saturated rings. The Hall–Kier alpha value is -3.23. The van der Waals surface area contributed by atoms with Crippen LogP contribution in [0.5, 0.6) is 5.75 Å². The van der Waals surface area contributed by atoms with Crippen molar-refractivity contribution in [1.82, 2.24) is 5.43 Å². The molecule has 1 saturated heterocycles. The second-order valence-electron chi connectivity index (χ2n) is 7.04. The molecule has 4 rings (SSSR count). The maximum atomic E-state index is 12.9. The number of aryl methyl sites for hydroxylation is 1. The molecule has 0 spiro atoms. The molecular formula is C24H16Br2N2O4. The fraction of sp³-hybridized carbons (Fsp3) is 0.0417. The predicted molar refractivity (Wildman–Crippen MR) is 128 cm³/mol. The number of nitrogens with one attached hydrogen (secondary N) is 1. The molecule has 0 unspecified atom stereocenters. The molecule has 3 aromatic carbocycles. The molecule has 2 amide bonds. The molecule has 0 atom stereocenters. The minimum Gasteiger partial charge on any atom is -0.421 e. The van der Waals surface area contributed by atoms with Gasteiger partial charge in [-0.25, -0.2) is 9.80 Å². The van der Waals surface area contributed by atoms with Crippen LogP contribution in [0.4, 0.5) is 5.69 Å². The predicted octanol–water partition coefficient (Wildman–Crippen LogP) is 5.20. The van der Waals surface area contributed by atoms with Gasteiger partial charge in [0.1, 0.15) is 5.57 Å². The molecule has 6 nitrogen and oxygen atoms in total. The van der Waals surface area contributed by atoms with Gasteiger partial charge in [-0.2, -0.15) is 0 Å². The van der Waals surface area contributed by atoms with Gasteiger partial charge < -0.3 is 4.74 Å². The lowest BCUT2D eigenvalue weighted by Gasteiger charge is -2.14. The van der Waals surface area contributed by atoms with E-state index in [1.165, 1.54) is 11.1 Å². The van der Waals surface area contributed by atoms with Crippen molar-refractivity contribution in [2.75, 3.05) is 5.01 Å². The van der Waals surface area contributed by atoms with Crippen molar-refractivity contribution in [2.24, 2.45) is 0 Å². The summed E-state index contributed by atoms with van der Waals surface area (Å²) >= 11 is 6.81. The van der Waals surface area contributed by atoms with Gasteiger partial charge >= 0.3 is 5.97 Å². The molecule has 1 N–H and O–H groups in total. The summed E-state index contributed by atoms with van der Waals surface area (Å²) in [6.45, 7) is 1.92. The Kier molecular flexibility index (Phi) is 6.25. The Morgan fingerprint density at radius 1 is 1.00 bits per heavy atom. The number of esters is 1. The summed E-state index contributed by atoms with van der Waals surface area (Å²) in [6.07, 6.45) is 1.41. The zero-order valence-electron chi connectivity index (χ0n) is 16.8. The van der Waals surface area contributed by atoms with E-state index in [1.54, 1.807) is 48.5 Å². The van der Waals surface area contributed by atoms with Crippen LogP contribution in [0, 0.1) is 6.92 Å². The fourth-order valence-electron chi connectivity index (χ4n) is 3.11. The Balaban J connectivity index is 1.70. The highest BCUT2D eigenvalue weighted by molar-refractivity contribution is 9.11. The number of ether oxygens (including phenoxy) is 1. The van der Waals surface area contributed by atoms with E-state index >= 15 is 0 Å². The largest absolute Gasteiger partial charge is 0.421 e. The number of hydrazine groups is 1. The number of benzene rings is 3. The molecule has 1 aliphatic rings. The van der Waals surface area contributed by atoms with E-state index < -0.39 is 17.8 Å². The number of amides is 2. The van der Waals surface area contributed by atoms with E-state index in [1.807, 2.05) is 25.1 Å². The molecule has 1 heterocycles. The summed E-state index contributed by atoms with van der Waals surface area (Å²) in [5.41, 5.74) is 4.81. The SMILES string of the molecule is Cc1ccc(C(=O)Oc2c(Br)cc(Br)cc2/C=C2\C(=O)NN(c3ccccc3)C2=O)cc1. The van der Waals surface area contributed by atoms with Gasteiger partial charge in [0.2, 0.25) is 0 Å². The van der Waals surface area contributed by atoms with Gasteiger partial charge in [-0.1, -0.05) is 51.8 Å². The van der Waals surface area contributed by atoms with Crippen molar-refractivity contribution in [3.63, 3.8) is 0 Å². The second kappa shape index (κ2) is 9.10. The number of hydrogen-bond acceptors (Lipinski definition) is 4. The zero-order valence-corrected chi connectivity index (χ0v) is 19.9. The van der Waals surface area contributed by atoms with Crippen LogP contribution in [0.15, 0.2) is 81.2 Å². The van der Waals surface area contributed by atoms with E-state index in [9.17, 15) is 14.4 Å². The summed E-state index contributed by atoms with van der Waals surface area (Å²) in [5.74, 6) is -1.41. The second-order valence-corrected chi connectivity index (χ2v) is 8.81. The van der Waals surface area contributed by atoms with Gasteiger partial charge in [0.15, 0.2) is 5.75 Å². The molecule has 160 valence electrons. The van der Waals surface area contributed by atoms with Crippen LogP contribution in [0.3, 0.4) is 0 Å². The minimum absolute atomic E-state index is 0.0773. The Morgan fingerprint density at radius 3 is 2.38 bits per heavy atom. The first-order chi connectivity index (χ1) is 15.3. The summed E-state index contributed by atoms with van der Waals surface area (Å²) in [4.78, 5) is 38.2. The van der Waals surface area contributed by atoms with Crippen molar-refractivity contribution in [1.29, 1.82) is 0 Å². The van der Waals surface area contributed by atoms with Crippen LogP contribution in [0.25, 0.3) is 6.08 Å². The lowest BCUT2D eigenvalue weighted by Crippen LogP contribution is -2.35. The normalized spacial score (nSPS) is 14.6. The van der Waals surface area contributed by atoms with Crippen molar-refractivity contribution in [2.45, 2.75) is 6.92 Å². The third-order valence-corrected chi connectivity index (χ3v) is 5.77. The average molecular weight is 556 g/mol. The van der Waals surface area contributed by atoms with Crippen LogP contribution < -0.4 is 15.2 Å². The van der Waals surface area contributed by atoms with E-state index in [0.717, 1.165) is 5.56 Å². The monoisotopic (exact) mass is 554 g/mol. The molecule has 3 aromatic rings. The topological polar surface area (TPSA) is 75.7 Å². The highest BCUT2D eigenvalue weighted by atomic mass is 79.9. The first-order valence-corrected chi connectivity index (χ1v) is 11.1. The number of carbonyl (C=O) groups is 3. The smallest absolute Gasteiger partial charge is 0.343 e. The molecule has 1 aliphatic heterocycles. The zero-order chi connectivity index (χ0) is 22.8. The molecular weight excluding hydrogens is 540 g/mol. The number of para-hydroxylation sites is 1. The lowest BCUT2D eigenvalue weighted by atomic mass is 10.1. The molecule has 8 heteroatoms. The first-order valence-electron chi connectivity index (χ1n) is 9.53. The van der Waals surface area contributed by atoms with Gasteiger partial charge in [0.25, 0.3) is 11.8 Å². The first kappa shape index (κ1) is 22.0. The van der Waals surface area contributed by atoms with Crippen LogP contribution in [-0.4, -0.2) is 17.8 Å². The van der Waals surface area contributed by atoms with Crippen LogP contribution in [0.2, 0.25) is 0 Å². The van der Waals surface area contributed by atoms with Gasteiger partial charge in [-0.15, -0.1) is 0 Å². The maximum Gasteiger partial charge on any atom is 0.343 e. The van der Waals surface area contributed by atoms with E-state index in [0.29, 0.717) is 25.8 Å². The molecule has 0 aliphatic carbocycles. The highest BCUT2D eigenvalue weighted by Gasteiger charge is 2.34. The number of carbonyl (C=O) groups excluding carboxylic acids is 3. The minimum atomic E-state index is -0.555. The van der Waals surface area contributed by atoms with E-state index in [-0.39, 0.29) is 11.3 Å². The Bertz CT molecular complexity index is 1250. The molecule has 32 heavy (non-hydrogen) atoms. The van der Waals surface area contributed by atoms with Crippen molar-refractivity contribution < 1.29 is 19.1 Å². The Labute approximate surface area is 201 Å². The third kappa shape index (κ3) is 4.51. The van der Waals surface area contributed by atoms with Gasteiger partial charge in [-0.3, -0.25) is 15.0 Å². The van der Waals surface area contributed by atoms with Crippen molar-refractivity contribution >= 4 is 61.4 Å². The number of rotatable bonds is 4. The maximum absolute atomic E-state index is 12.9. The van der Waals surface area contributed by atoms with Crippen molar-refractivity contribution in [3.05, 3.63) is 97.9 Å². The fourth-order valence-corrected chi connectivity index (χ4v) is 4.45. The molecule has 0 aromatic heterocycles. The standard InChI is InChI=1S/C24H16Br2N2O4/c1-14-7-9-15(10-8-14)24(31)32-21-16(11-17(25)13-20(21)26)12-19-22(29)27-28(23(19)30)18-5-3-2-4-6-18/h2-13H,1H3,(H,27,29)/b19-12+. The van der Waals surface area contributed by atoms with Gasteiger partial charge in [0.05, 0.1) is 15.7 Å². The van der Waals surface area contributed by atoms with Gasteiger partial charge in [-0.05, 0) is 65.3 Å². The lowest BCUT2D eigenvalue weighted by molar-refractivity contribution is -0.117. The summed E-state index contributed by atoms with van der Waals surface area (Å²) in [7, 11) is 0. The van der Waals surface area contributed by atoms with Crippen LogP contribution in [0.1, 0.15) is 21.5 Å². The van der Waals surface area contributed by atoms with E-state index in [2.05, 4.69) is 37.3 Å². The van der Waals surface area contributed by atoms with Crippen LogP contribution in [-0.2, 0) is 9.59 Å². The molecule has 0 radical (unpaired) electrons. The third-order valence-electron chi connectivity index (χ3n) is 4.72. The number of anilines is 1. The number of nitrogens with zero attached hydrogens (tertiary/aromatic N) is 1. The summed E-state index contributed by atoms with van der Waals surface area (Å²) in [5, 5.41) is 1.18. The molecule has 0 bridgehead atoms. The summed E-state index contributed by atoms with van der Waals surface area (Å²) < 4.78 is 6.81. The number of halogens is 2. The quantitative estimate of drug-likeness (QED) is 0.208. The van der Waals surface area contributed by atoms with Crippen LogP contribution >= 0.6 is 31.9 Å². The van der Waals surface area contributed by atoms with Gasteiger partial charge in [0, 0.05) is 10.0 Å². The highest BCUT2D eigenvalue weighted by Crippen LogP contribution is 2.35.